The number of hydrogen-bond acceptors (Lipinski definition) is 5. The summed E-state index contributed by atoms with van der Waals surface area (Å²) in [6.07, 6.45) is 2.09. The van der Waals surface area contributed by atoms with Crippen molar-refractivity contribution in [2.45, 2.75) is 65.6 Å². The molecule has 3 aromatic carbocycles. The normalized spacial score (nSPS) is 14.6. The maximum Gasteiger partial charge on any atom is 0.410 e. The van der Waals surface area contributed by atoms with Crippen molar-refractivity contribution in [1.82, 2.24) is 14.5 Å². The van der Waals surface area contributed by atoms with Gasteiger partial charge in [-0.15, -0.1) is 0 Å². The predicted molar refractivity (Wildman–Crippen MR) is 153 cm³/mol. The molecule has 7 nitrogen and oxygen atoms in total. The van der Waals surface area contributed by atoms with Gasteiger partial charge in [0.05, 0.1) is 28.4 Å². The van der Waals surface area contributed by atoms with E-state index in [9.17, 15) is 10.1 Å². The molecule has 1 aliphatic rings. The van der Waals surface area contributed by atoms with E-state index in [4.69, 9.17) is 14.5 Å². The van der Waals surface area contributed by atoms with Gasteiger partial charge in [-0.05, 0) is 51.0 Å². The maximum absolute atomic E-state index is 12.4. The lowest BCUT2D eigenvalue weighted by Gasteiger charge is -2.33. The van der Waals surface area contributed by atoms with Gasteiger partial charge < -0.3 is 14.4 Å². The first-order valence-corrected chi connectivity index (χ1v) is 13.7. The standard InChI is InChI=1S/C32H36N4O3/c1-21(2)18-30-34-27-19-24(38-23-14-16-35(17-15-23)31(37)39-32(3,4)5)11-13-29(27)36(30)28-12-10-22(20-33)25-8-6-7-9-26(25)28/h6-13,19,21,23H,14-18H2,1-5H3. The Kier molecular flexibility index (Phi) is 7.22. The Morgan fingerprint density at radius 1 is 1.08 bits per heavy atom. The minimum Gasteiger partial charge on any atom is -0.490 e. The molecule has 0 N–H and O–H groups in total. The highest BCUT2D eigenvalue weighted by atomic mass is 16.6. The van der Waals surface area contributed by atoms with Crippen LogP contribution in [-0.4, -0.2) is 45.3 Å². The highest BCUT2D eigenvalue weighted by molar-refractivity contribution is 5.96. The van der Waals surface area contributed by atoms with E-state index in [-0.39, 0.29) is 12.2 Å². The molecule has 1 aliphatic heterocycles. The van der Waals surface area contributed by atoms with Crippen LogP contribution in [0.4, 0.5) is 4.79 Å². The zero-order valence-electron chi connectivity index (χ0n) is 23.4. The summed E-state index contributed by atoms with van der Waals surface area (Å²) in [6, 6.07) is 20.4. The number of benzene rings is 3. The fourth-order valence-corrected chi connectivity index (χ4v) is 5.20. The Labute approximate surface area is 229 Å². The van der Waals surface area contributed by atoms with E-state index < -0.39 is 5.60 Å². The van der Waals surface area contributed by atoms with Crippen LogP contribution in [0, 0.1) is 17.2 Å². The zero-order chi connectivity index (χ0) is 27.7. The molecule has 0 unspecified atom stereocenters. The first-order valence-electron chi connectivity index (χ1n) is 13.7. The van der Waals surface area contributed by atoms with Gasteiger partial charge in [-0.1, -0.05) is 38.1 Å². The predicted octanol–water partition coefficient (Wildman–Crippen LogP) is 7.03. The van der Waals surface area contributed by atoms with Crippen LogP contribution in [0.15, 0.2) is 54.6 Å². The van der Waals surface area contributed by atoms with Crippen molar-refractivity contribution >= 4 is 27.9 Å². The summed E-state index contributed by atoms with van der Waals surface area (Å²) in [4.78, 5) is 19.2. The summed E-state index contributed by atoms with van der Waals surface area (Å²) in [5.74, 6) is 2.19. The van der Waals surface area contributed by atoms with E-state index in [1.54, 1.807) is 4.90 Å². The van der Waals surface area contributed by atoms with E-state index in [1.807, 2.05) is 63.2 Å². The Bertz CT molecular complexity index is 1550. The molecule has 39 heavy (non-hydrogen) atoms. The van der Waals surface area contributed by atoms with Gasteiger partial charge in [-0.25, -0.2) is 9.78 Å². The highest BCUT2D eigenvalue weighted by Crippen LogP contribution is 2.32. The number of amides is 1. The molecule has 0 bridgehead atoms. The second-order valence-corrected chi connectivity index (χ2v) is 11.7. The van der Waals surface area contributed by atoms with Crippen LogP contribution >= 0.6 is 0 Å². The number of rotatable bonds is 5. The number of aromatic nitrogens is 2. The number of ether oxygens (including phenoxy) is 2. The largest absolute Gasteiger partial charge is 0.490 e. The van der Waals surface area contributed by atoms with E-state index in [2.05, 4.69) is 36.6 Å². The Hall–Kier alpha value is -4.05. The third kappa shape index (κ3) is 5.70. The quantitative estimate of drug-likeness (QED) is 0.280. The molecule has 0 aliphatic carbocycles. The molecule has 0 atom stereocenters. The topological polar surface area (TPSA) is 80.4 Å². The van der Waals surface area contributed by atoms with Crippen LogP contribution < -0.4 is 4.74 Å². The number of fused-ring (bicyclic) bond motifs is 2. The molecule has 1 fully saturated rings. The molecule has 1 amide bonds. The van der Waals surface area contributed by atoms with Gasteiger partial charge in [0, 0.05) is 49.2 Å². The average molecular weight is 525 g/mol. The number of carbonyl (C=O) groups is 1. The second kappa shape index (κ2) is 10.6. The van der Waals surface area contributed by atoms with Crippen molar-refractivity contribution < 1.29 is 14.3 Å². The van der Waals surface area contributed by atoms with E-state index in [1.165, 1.54) is 0 Å². The van der Waals surface area contributed by atoms with Gasteiger partial charge >= 0.3 is 6.09 Å². The van der Waals surface area contributed by atoms with Gasteiger partial charge in [0.15, 0.2) is 0 Å². The lowest BCUT2D eigenvalue weighted by Crippen LogP contribution is -2.44. The van der Waals surface area contributed by atoms with Gasteiger partial charge in [0.25, 0.3) is 0 Å². The molecule has 5 rings (SSSR count). The molecule has 1 saturated heterocycles. The fourth-order valence-electron chi connectivity index (χ4n) is 5.20. The molecule has 0 saturated carbocycles. The highest BCUT2D eigenvalue weighted by Gasteiger charge is 2.28. The number of likely N-dealkylation sites (tertiary alicyclic amines) is 1. The van der Waals surface area contributed by atoms with Gasteiger partial charge in [0.2, 0.25) is 0 Å². The van der Waals surface area contributed by atoms with Crippen LogP contribution in [-0.2, 0) is 11.2 Å². The van der Waals surface area contributed by atoms with E-state index in [0.717, 1.165) is 58.3 Å². The monoisotopic (exact) mass is 524 g/mol. The molecule has 2 heterocycles. The smallest absolute Gasteiger partial charge is 0.410 e. The Morgan fingerprint density at radius 2 is 1.79 bits per heavy atom. The fraction of sp³-hybridized carbons (Fsp3) is 0.406. The van der Waals surface area contributed by atoms with Crippen LogP contribution in [0.1, 0.15) is 58.8 Å². The number of carbonyl (C=O) groups excluding carboxylic acids is 1. The molecular weight excluding hydrogens is 488 g/mol. The summed E-state index contributed by atoms with van der Waals surface area (Å²) in [6.45, 7) is 11.3. The number of piperidine rings is 1. The van der Waals surface area contributed by atoms with Crippen LogP contribution in [0.2, 0.25) is 0 Å². The van der Waals surface area contributed by atoms with Crippen molar-refractivity contribution in [2.75, 3.05) is 13.1 Å². The van der Waals surface area contributed by atoms with E-state index in [0.29, 0.717) is 24.6 Å². The minimum atomic E-state index is -0.498. The zero-order valence-corrected chi connectivity index (χ0v) is 23.4. The van der Waals surface area contributed by atoms with Crippen LogP contribution in [0.3, 0.4) is 0 Å². The first kappa shape index (κ1) is 26.6. The summed E-state index contributed by atoms with van der Waals surface area (Å²) >= 11 is 0. The summed E-state index contributed by atoms with van der Waals surface area (Å²) in [5.41, 5.74) is 3.07. The third-order valence-electron chi connectivity index (χ3n) is 6.95. The minimum absolute atomic E-state index is 0.0285. The lowest BCUT2D eigenvalue weighted by atomic mass is 10.0. The number of imidazole rings is 1. The maximum atomic E-state index is 12.4. The molecule has 4 aromatic rings. The van der Waals surface area contributed by atoms with Crippen molar-refractivity contribution in [3.8, 4) is 17.5 Å². The van der Waals surface area contributed by atoms with E-state index >= 15 is 0 Å². The number of nitrogens with zero attached hydrogens (tertiary/aromatic N) is 4. The van der Waals surface area contributed by atoms with Crippen molar-refractivity contribution in [3.05, 3.63) is 66.0 Å². The lowest BCUT2D eigenvalue weighted by molar-refractivity contribution is 0.0127. The Morgan fingerprint density at radius 3 is 2.46 bits per heavy atom. The van der Waals surface area contributed by atoms with Crippen LogP contribution in [0.5, 0.6) is 5.75 Å². The second-order valence-electron chi connectivity index (χ2n) is 11.7. The number of nitriles is 1. The molecular formula is C32H36N4O3. The molecule has 0 radical (unpaired) electrons. The third-order valence-corrected chi connectivity index (χ3v) is 6.95. The van der Waals surface area contributed by atoms with Gasteiger partial charge in [-0.2, -0.15) is 5.26 Å². The van der Waals surface area contributed by atoms with Gasteiger partial charge in [-0.3, -0.25) is 4.57 Å². The first-order chi connectivity index (χ1) is 18.6. The molecule has 0 spiro atoms. The van der Waals surface area contributed by atoms with Gasteiger partial charge in [0.1, 0.15) is 23.3 Å². The summed E-state index contributed by atoms with van der Waals surface area (Å²) < 4.78 is 14.1. The number of hydrogen-bond donors (Lipinski definition) is 0. The molecule has 202 valence electrons. The summed E-state index contributed by atoms with van der Waals surface area (Å²) in [5, 5.41) is 11.6. The summed E-state index contributed by atoms with van der Waals surface area (Å²) in [7, 11) is 0. The van der Waals surface area contributed by atoms with Crippen LogP contribution in [0.25, 0.3) is 27.5 Å². The SMILES string of the molecule is CC(C)Cc1nc2cc(OC3CCN(C(=O)OC(C)(C)C)CC3)ccc2n1-c1ccc(C#N)c2ccccc12. The Balaban J connectivity index is 1.42. The van der Waals surface area contributed by atoms with Crippen molar-refractivity contribution in [3.63, 3.8) is 0 Å². The van der Waals surface area contributed by atoms with Crippen molar-refractivity contribution in [1.29, 1.82) is 5.26 Å². The molecule has 7 heteroatoms. The van der Waals surface area contributed by atoms with Crippen molar-refractivity contribution in [2.24, 2.45) is 5.92 Å². The average Bonchev–Trinajstić information content (AvgIpc) is 3.23. The molecule has 1 aromatic heterocycles.